The van der Waals surface area contributed by atoms with Crippen LogP contribution in [0.25, 0.3) is 0 Å². The van der Waals surface area contributed by atoms with Crippen LogP contribution in [0, 0.1) is 5.92 Å². The van der Waals surface area contributed by atoms with Gasteiger partial charge in [-0.2, -0.15) is 0 Å². The van der Waals surface area contributed by atoms with Crippen LogP contribution < -0.4 is 5.32 Å². The standard InChI is InChI=1S/C10H16N4O2S/c1-11-10-13-12-8(17-10)9(16)14-4-2-3-7(5-14)6-15/h7,15H,2-6H2,1H3,(H,11,13). The number of aromatic nitrogens is 2. The van der Waals surface area contributed by atoms with E-state index < -0.39 is 0 Å². The summed E-state index contributed by atoms with van der Waals surface area (Å²) >= 11 is 1.26. The highest BCUT2D eigenvalue weighted by Gasteiger charge is 2.26. The molecule has 0 spiro atoms. The van der Waals surface area contributed by atoms with E-state index in [4.69, 9.17) is 5.11 Å². The number of rotatable bonds is 3. The summed E-state index contributed by atoms with van der Waals surface area (Å²) in [4.78, 5) is 13.9. The minimum absolute atomic E-state index is 0.0813. The lowest BCUT2D eigenvalue weighted by molar-refractivity contribution is 0.0619. The van der Waals surface area contributed by atoms with Gasteiger partial charge >= 0.3 is 0 Å². The molecule has 94 valence electrons. The van der Waals surface area contributed by atoms with Crippen molar-refractivity contribution in [3.8, 4) is 0 Å². The summed E-state index contributed by atoms with van der Waals surface area (Å²) in [7, 11) is 1.75. The molecule has 1 aromatic rings. The molecule has 0 bridgehead atoms. The van der Waals surface area contributed by atoms with Gasteiger partial charge in [-0.25, -0.2) is 0 Å². The first-order chi connectivity index (χ1) is 8.24. The molecule has 1 aromatic heterocycles. The van der Waals surface area contributed by atoms with Crippen LogP contribution >= 0.6 is 11.3 Å². The number of likely N-dealkylation sites (tertiary alicyclic amines) is 1. The molecule has 2 heterocycles. The van der Waals surface area contributed by atoms with Gasteiger partial charge in [0.05, 0.1) is 0 Å². The number of amides is 1. The number of carbonyl (C=O) groups excluding carboxylic acids is 1. The first-order valence-electron chi connectivity index (χ1n) is 5.66. The molecule has 1 saturated heterocycles. The molecule has 0 radical (unpaired) electrons. The Labute approximate surface area is 104 Å². The Kier molecular flexibility index (Phi) is 3.90. The molecule has 17 heavy (non-hydrogen) atoms. The quantitative estimate of drug-likeness (QED) is 0.819. The number of aliphatic hydroxyl groups is 1. The maximum absolute atomic E-state index is 12.1. The topological polar surface area (TPSA) is 78.4 Å². The number of hydrogen-bond acceptors (Lipinski definition) is 6. The van der Waals surface area contributed by atoms with Gasteiger partial charge in [0.15, 0.2) is 0 Å². The Hall–Kier alpha value is -1.21. The first-order valence-corrected chi connectivity index (χ1v) is 6.47. The highest BCUT2D eigenvalue weighted by atomic mass is 32.1. The van der Waals surface area contributed by atoms with E-state index in [-0.39, 0.29) is 18.4 Å². The Morgan fingerprint density at radius 3 is 3.12 bits per heavy atom. The molecular formula is C10H16N4O2S. The van der Waals surface area contributed by atoms with E-state index >= 15 is 0 Å². The summed E-state index contributed by atoms with van der Waals surface area (Å²) in [5.74, 6) is 0.117. The predicted molar refractivity (Wildman–Crippen MR) is 65.2 cm³/mol. The number of aliphatic hydroxyl groups excluding tert-OH is 1. The maximum atomic E-state index is 12.1. The SMILES string of the molecule is CNc1nnc(C(=O)N2CCCC(CO)C2)s1. The number of carbonyl (C=O) groups is 1. The van der Waals surface area contributed by atoms with Crippen molar-refractivity contribution < 1.29 is 9.90 Å². The fraction of sp³-hybridized carbons (Fsp3) is 0.700. The van der Waals surface area contributed by atoms with Crippen molar-refractivity contribution in [2.45, 2.75) is 12.8 Å². The third-order valence-corrected chi connectivity index (χ3v) is 3.81. The van der Waals surface area contributed by atoms with Crippen LogP contribution in [0.15, 0.2) is 0 Å². The summed E-state index contributed by atoms with van der Waals surface area (Å²) in [6, 6.07) is 0. The molecule has 6 nitrogen and oxygen atoms in total. The fourth-order valence-electron chi connectivity index (χ4n) is 1.94. The molecule has 0 aliphatic carbocycles. The minimum Gasteiger partial charge on any atom is -0.396 e. The third-order valence-electron chi connectivity index (χ3n) is 2.89. The molecule has 1 aliphatic rings. The second kappa shape index (κ2) is 5.42. The molecule has 1 amide bonds. The molecule has 0 saturated carbocycles. The van der Waals surface area contributed by atoms with Gasteiger partial charge in [-0.15, -0.1) is 10.2 Å². The van der Waals surface area contributed by atoms with Crippen molar-refractivity contribution in [2.75, 3.05) is 32.1 Å². The average molecular weight is 256 g/mol. The summed E-state index contributed by atoms with van der Waals surface area (Å²) in [5, 5.41) is 20.8. The lowest BCUT2D eigenvalue weighted by Gasteiger charge is -2.31. The number of nitrogens with one attached hydrogen (secondary N) is 1. The van der Waals surface area contributed by atoms with E-state index in [1.807, 2.05) is 0 Å². The van der Waals surface area contributed by atoms with Crippen molar-refractivity contribution in [1.82, 2.24) is 15.1 Å². The number of piperidine rings is 1. The van der Waals surface area contributed by atoms with Gasteiger partial charge in [0.25, 0.3) is 5.91 Å². The van der Waals surface area contributed by atoms with E-state index in [2.05, 4.69) is 15.5 Å². The van der Waals surface area contributed by atoms with Crippen molar-refractivity contribution in [1.29, 1.82) is 0 Å². The minimum atomic E-state index is -0.0813. The van der Waals surface area contributed by atoms with Crippen molar-refractivity contribution >= 4 is 22.4 Å². The van der Waals surface area contributed by atoms with Crippen molar-refractivity contribution in [2.24, 2.45) is 5.92 Å². The molecule has 7 heteroatoms. The van der Waals surface area contributed by atoms with Crippen LogP contribution in [0.2, 0.25) is 0 Å². The van der Waals surface area contributed by atoms with Crippen LogP contribution in [-0.2, 0) is 0 Å². The monoisotopic (exact) mass is 256 g/mol. The van der Waals surface area contributed by atoms with Crippen molar-refractivity contribution in [3.63, 3.8) is 0 Å². The van der Waals surface area contributed by atoms with Crippen LogP contribution in [0.4, 0.5) is 5.13 Å². The molecular weight excluding hydrogens is 240 g/mol. The summed E-state index contributed by atoms with van der Waals surface area (Å²) in [6.45, 7) is 1.50. The van der Waals surface area contributed by atoms with E-state index in [9.17, 15) is 4.79 Å². The molecule has 2 rings (SSSR count). The van der Waals surface area contributed by atoms with Crippen LogP contribution in [-0.4, -0.2) is 52.9 Å². The van der Waals surface area contributed by atoms with Gasteiger partial charge < -0.3 is 15.3 Å². The summed E-state index contributed by atoms with van der Waals surface area (Å²) < 4.78 is 0. The van der Waals surface area contributed by atoms with Gasteiger partial charge in [-0.3, -0.25) is 4.79 Å². The second-order valence-corrected chi connectivity index (χ2v) is 5.08. The molecule has 1 fully saturated rings. The molecule has 2 N–H and O–H groups in total. The smallest absolute Gasteiger partial charge is 0.284 e. The van der Waals surface area contributed by atoms with Gasteiger partial charge in [-0.1, -0.05) is 11.3 Å². The zero-order valence-electron chi connectivity index (χ0n) is 9.72. The van der Waals surface area contributed by atoms with E-state index in [1.165, 1.54) is 11.3 Å². The van der Waals surface area contributed by atoms with Crippen molar-refractivity contribution in [3.05, 3.63) is 5.01 Å². The van der Waals surface area contributed by atoms with Crippen LogP contribution in [0.1, 0.15) is 22.6 Å². The number of anilines is 1. The highest BCUT2D eigenvalue weighted by molar-refractivity contribution is 7.17. The lowest BCUT2D eigenvalue weighted by Crippen LogP contribution is -2.40. The predicted octanol–water partition coefficient (Wildman–Crippen LogP) is 0.424. The Bertz CT molecular complexity index is 395. The van der Waals surface area contributed by atoms with Gasteiger partial charge in [0.1, 0.15) is 0 Å². The first kappa shape index (κ1) is 12.3. The van der Waals surface area contributed by atoms with Crippen LogP contribution in [0.3, 0.4) is 0 Å². The number of hydrogen-bond donors (Lipinski definition) is 2. The van der Waals surface area contributed by atoms with Gasteiger partial charge in [-0.05, 0) is 18.8 Å². The highest BCUT2D eigenvalue weighted by Crippen LogP contribution is 2.21. The Morgan fingerprint density at radius 2 is 2.47 bits per heavy atom. The molecule has 1 atom stereocenters. The maximum Gasteiger partial charge on any atom is 0.284 e. The molecule has 1 unspecified atom stereocenters. The normalized spacial score (nSPS) is 20.4. The zero-order chi connectivity index (χ0) is 12.3. The Morgan fingerprint density at radius 1 is 1.65 bits per heavy atom. The zero-order valence-corrected chi connectivity index (χ0v) is 10.5. The number of nitrogens with zero attached hydrogens (tertiary/aromatic N) is 3. The molecule has 0 aromatic carbocycles. The largest absolute Gasteiger partial charge is 0.396 e. The fourth-order valence-corrected chi connectivity index (χ4v) is 2.61. The lowest BCUT2D eigenvalue weighted by atomic mass is 9.99. The van der Waals surface area contributed by atoms with E-state index in [0.717, 1.165) is 19.4 Å². The van der Waals surface area contributed by atoms with Gasteiger partial charge in [0, 0.05) is 26.7 Å². The summed E-state index contributed by atoms with van der Waals surface area (Å²) in [5.41, 5.74) is 0. The van der Waals surface area contributed by atoms with E-state index in [0.29, 0.717) is 16.7 Å². The second-order valence-electron chi connectivity index (χ2n) is 4.10. The summed E-state index contributed by atoms with van der Waals surface area (Å²) in [6.07, 6.45) is 1.92. The van der Waals surface area contributed by atoms with Gasteiger partial charge in [0.2, 0.25) is 10.1 Å². The average Bonchev–Trinajstić information content (AvgIpc) is 2.86. The Balaban J connectivity index is 2.03. The van der Waals surface area contributed by atoms with E-state index in [1.54, 1.807) is 11.9 Å². The third kappa shape index (κ3) is 2.73. The molecule has 1 aliphatic heterocycles. The van der Waals surface area contributed by atoms with Crippen LogP contribution in [0.5, 0.6) is 0 Å².